The van der Waals surface area contributed by atoms with Gasteiger partial charge in [0.1, 0.15) is 17.0 Å². The van der Waals surface area contributed by atoms with Crippen LogP contribution in [0.1, 0.15) is 12.5 Å². The van der Waals surface area contributed by atoms with Gasteiger partial charge in [-0.25, -0.2) is 14.4 Å². The molecule has 3 N–H and O–H groups in total. The van der Waals surface area contributed by atoms with Crippen LogP contribution in [0.15, 0.2) is 65.3 Å². The van der Waals surface area contributed by atoms with E-state index in [1.165, 1.54) is 29.8 Å². The average Bonchev–Trinajstić information content (AvgIpc) is 3.12. The summed E-state index contributed by atoms with van der Waals surface area (Å²) in [4.78, 5) is 9.52. The standard InChI is InChI=1S/C20H16FN5S/c1-12(13-4-8-16(22)9-5-13)25-26-19-18-17(10-27-20(18)24-11-23-19)14-2-6-15(21)7-3-14/h2-11H,22H2,1H3,(H,23,24,26). The molecular weight excluding hydrogens is 361 g/mol. The summed E-state index contributed by atoms with van der Waals surface area (Å²) < 4.78 is 13.3. The fourth-order valence-corrected chi connectivity index (χ4v) is 3.64. The number of hydrogen-bond donors (Lipinski definition) is 2. The molecule has 0 amide bonds. The molecule has 27 heavy (non-hydrogen) atoms. The minimum Gasteiger partial charge on any atom is -0.399 e. The summed E-state index contributed by atoms with van der Waals surface area (Å²) in [6.45, 7) is 1.91. The van der Waals surface area contributed by atoms with Crippen LogP contribution < -0.4 is 11.2 Å². The van der Waals surface area contributed by atoms with E-state index in [4.69, 9.17) is 5.73 Å². The Morgan fingerprint density at radius 1 is 1.07 bits per heavy atom. The molecule has 0 aliphatic carbocycles. The SMILES string of the molecule is CC(=NNc1ncnc2scc(-c3ccc(F)cc3)c12)c1ccc(N)cc1. The molecule has 0 unspecified atom stereocenters. The summed E-state index contributed by atoms with van der Waals surface area (Å²) in [6, 6.07) is 13.9. The van der Waals surface area contributed by atoms with Gasteiger partial charge in [-0.3, -0.25) is 5.43 Å². The van der Waals surface area contributed by atoms with E-state index in [0.717, 1.165) is 32.6 Å². The summed E-state index contributed by atoms with van der Waals surface area (Å²) in [5.74, 6) is 0.340. The minimum absolute atomic E-state index is 0.267. The van der Waals surface area contributed by atoms with Crippen molar-refractivity contribution in [2.45, 2.75) is 6.92 Å². The van der Waals surface area contributed by atoms with Crippen molar-refractivity contribution in [3.63, 3.8) is 0 Å². The van der Waals surface area contributed by atoms with Crippen LogP contribution in [0.4, 0.5) is 15.9 Å². The lowest BCUT2D eigenvalue weighted by atomic mass is 10.1. The average molecular weight is 377 g/mol. The van der Waals surface area contributed by atoms with Crippen molar-refractivity contribution in [2.75, 3.05) is 11.2 Å². The molecule has 7 heteroatoms. The number of nitrogens with one attached hydrogen (secondary N) is 1. The van der Waals surface area contributed by atoms with Crippen molar-refractivity contribution >= 4 is 38.8 Å². The minimum atomic E-state index is -0.267. The number of thiophene rings is 1. The van der Waals surface area contributed by atoms with E-state index in [1.54, 1.807) is 12.1 Å². The third-order valence-corrected chi connectivity index (χ3v) is 5.07. The number of aromatic nitrogens is 2. The van der Waals surface area contributed by atoms with E-state index < -0.39 is 0 Å². The highest BCUT2D eigenvalue weighted by Crippen LogP contribution is 2.36. The molecule has 5 nitrogen and oxygen atoms in total. The highest BCUT2D eigenvalue weighted by atomic mass is 32.1. The highest BCUT2D eigenvalue weighted by Gasteiger charge is 2.13. The molecule has 0 aliphatic rings. The van der Waals surface area contributed by atoms with Crippen molar-refractivity contribution in [1.29, 1.82) is 0 Å². The fourth-order valence-electron chi connectivity index (χ4n) is 2.73. The van der Waals surface area contributed by atoms with Crippen LogP contribution in [0.2, 0.25) is 0 Å². The first-order chi connectivity index (χ1) is 13.1. The molecular formula is C20H16FN5S. The Morgan fingerprint density at radius 2 is 1.81 bits per heavy atom. The fraction of sp³-hybridized carbons (Fsp3) is 0.0500. The van der Waals surface area contributed by atoms with Crippen molar-refractivity contribution in [1.82, 2.24) is 9.97 Å². The van der Waals surface area contributed by atoms with E-state index in [-0.39, 0.29) is 5.82 Å². The van der Waals surface area contributed by atoms with Gasteiger partial charge in [-0.05, 0) is 42.3 Å². The molecule has 0 aliphatic heterocycles. The van der Waals surface area contributed by atoms with Gasteiger partial charge in [0, 0.05) is 16.6 Å². The van der Waals surface area contributed by atoms with E-state index in [1.807, 2.05) is 36.6 Å². The number of anilines is 2. The van der Waals surface area contributed by atoms with Crippen LogP contribution in [0.3, 0.4) is 0 Å². The predicted molar refractivity (Wildman–Crippen MR) is 109 cm³/mol. The molecule has 0 fully saturated rings. The lowest BCUT2D eigenvalue weighted by Crippen LogP contribution is -2.01. The number of halogens is 1. The lowest BCUT2D eigenvalue weighted by molar-refractivity contribution is 0.628. The summed E-state index contributed by atoms with van der Waals surface area (Å²) in [7, 11) is 0. The molecule has 2 aromatic carbocycles. The van der Waals surface area contributed by atoms with Gasteiger partial charge in [0.15, 0.2) is 5.82 Å². The number of rotatable bonds is 4. The van der Waals surface area contributed by atoms with Crippen molar-refractivity contribution < 1.29 is 4.39 Å². The molecule has 2 heterocycles. The maximum absolute atomic E-state index is 13.3. The summed E-state index contributed by atoms with van der Waals surface area (Å²) >= 11 is 1.51. The molecule has 0 bridgehead atoms. The number of nitrogen functional groups attached to an aromatic ring is 1. The van der Waals surface area contributed by atoms with Gasteiger partial charge in [0.2, 0.25) is 0 Å². The molecule has 0 spiro atoms. The van der Waals surface area contributed by atoms with Crippen molar-refractivity contribution in [3.05, 3.63) is 71.6 Å². The molecule has 2 aromatic heterocycles. The van der Waals surface area contributed by atoms with Crippen LogP contribution in [0.25, 0.3) is 21.3 Å². The number of fused-ring (bicyclic) bond motifs is 1. The topological polar surface area (TPSA) is 76.2 Å². The Kier molecular flexibility index (Phi) is 4.52. The molecule has 134 valence electrons. The summed E-state index contributed by atoms with van der Waals surface area (Å²) in [5, 5.41) is 7.31. The third kappa shape index (κ3) is 3.50. The van der Waals surface area contributed by atoms with E-state index >= 15 is 0 Å². The second kappa shape index (κ2) is 7.13. The molecule has 0 saturated carbocycles. The van der Waals surface area contributed by atoms with Gasteiger partial charge >= 0.3 is 0 Å². The largest absolute Gasteiger partial charge is 0.399 e. The predicted octanol–water partition coefficient (Wildman–Crippen LogP) is 4.92. The maximum Gasteiger partial charge on any atom is 0.159 e. The maximum atomic E-state index is 13.3. The van der Waals surface area contributed by atoms with Gasteiger partial charge in [-0.1, -0.05) is 24.3 Å². The Labute approximate surface area is 159 Å². The van der Waals surface area contributed by atoms with Crippen molar-refractivity contribution in [2.24, 2.45) is 5.10 Å². The summed E-state index contributed by atoms with van der Waals surface area (Å²) in [6.07, 6.45) is 1.50. The Hall–Kier alpha value is -3.32. The molecule has 0 atom stereocenters. The second-order valence-electron chi connectivity index (χ2n) is 5.99. The van der Waals surface area contributed by atoms with E-state index in [2.05, 4.69) is 20.5 Å². The highest BCUT2D eigenvalue weighted by molar-refractivity contribution is 7.17. The van der Waals surface area contributed by atoms with Gasteiger partial charge in [-0.15, -0.1) is 11.3 Å². The molecule has 0 radical (unpaired) electrons. The Bertz CT molecular complexity index is 1120. The van der Waals surface area contributed by atoms with Gasteiger partial charge < -0.3 is 5.73 Å². The smallest absolute Gasteiger partial charge is 0.159 e. The monoisotopic (exact) mass is 377 g/mol. The molecule has 4 aromatic rings. The normalized spacial score (nSPS) is 11.7. The Balaban J connectivity index is 1.71. The zero-order valence-electron chi connectivity index (χ0n) is 14.5. The van der Waals surface area contributed by atoms with Gasteiger partial charge in [-0.2, -0.15) is 5.10 Å². The summed E-state index contributed by atoms with van der Waals surface area (Å²) in [5.41, 5.74) is 13.1. The van der Waals surface area contributed by atoms with Crippen LogP contribution in [0, 0.1) is 5.82 Å². The number of nitrogens with zero attached hydrogens (tertiary/aromatic N) is 3. The zero-order chi connectivity index (χ0) is 18.8. The van der Waals surface area contributed by atoms with Gasteiger partial charge in [0.25, 0.3) is 0 Å². The third-order valence-electron chi connectivity index (χ3n) is 4.18. The number of hydrazone groups is 1. The number of benzene rings is 2. The second-order valence-corrected chi connectivity index (χ2v) is 6.85. The first-order valence-corrected chi connectivity index (χ1v) is 9.14. The first kappa shape index (κ1) is 17.1. The first-order valence-electron chi connectivity index (χ1n) is 8.26. The quantitative estimate of drug-likeness (QED) is 0.301. The molecule has 0 saturated heterocycles. The van der Waals surface area contributed by atoms with Crippen LogP contribution in [-0.2, 0) is 0 Å². The zero-order valence-corrected chi connectivity index (χ0v) is 15.3. The van der Waals surface area contributed by atoms with E-state index in [0.29, 0.717) is 11.5 Å². The van der Waals surface area contributed by atoms with Gasteiger partial charge in [0.05, 0.1) is 11.1 Å². The van der Waals surface area contributed by atoms with Crippen LogP contribution >= 0.6 is 11.3 Å². The van der Waals surface area contributed by atoms with E-state index in [9.17, 15) is 4.39 Å². The molecule has 4 rings (SSSR count). The number of nitrogens with two attached hydrogens (primary N) is 1. The Morgan fingerprint density at radius 3 is 2.56 bits per heavy atom. The lowest BCUT2D eigenvalue weighted by Gasteiger charge is -2.06. The van der Waals surface area contributed by atoms with Crippen molar-refractivity contribution in [3.8, 4) is 11.1 Å². The van der Waals surface area contributed by atoms with Crippen LogP contribution in [0.5, 0.6) is 0 Å². The van der Waals surface area contributed by atoms with Crippen LogP contribution in [-0.4, -0.2) is 15.7 Å². The number of hydrogen-bond acceptors (Lipinski definition) is 6.